The number of hydrogen-bond acceptors (Lipinski definition) is 16. The molecule has 0 saturated heterocycles. The lowest BCUT2D eigenvalue weighted by Gasteiger charge is -2.26. The standard InChI is InChI=1S/C46H50N8O10S3/c1-46(2,3)64-45(56)48-24-32(55)28-66(57,58)39-23-22-36(37-8-7-9-38-41(37)49-44(47)65-38)40(43-50-52-54(51-43)27-31-14-20-35(63-6)21-15-31)42(39)67(59,60)53(25-29-10-16-33(61-4)17-11-29)26-30-12-18-34(62-5)19-13-30/h7-23,32,55H,24-28H2,1-6H3,(H2,47,49)(H,48,56)/t32-/m0/s1. The summed E-state index contributed by atoms with van der Waals surface area (Å²) in [5.74, 6) is 0.482. The van der Waals surface area contributed by atoms with Crippen LogP contribution in [0, 0.1) is 0 Å². The van der Waals surface area contributed by atoms with Crippen molar-refractivity contribution in [3.8, 4) is 39.8 Å². The van der Waals surface area contributed by atoms with E-state index in [-0.39, 0.29) is 41.7 Å². The number of sulfonamides is 1. The summed E-state index contributed by atoms with van der Waals surface area (Å²) in [4.78, 5) is 17.0. The SMILES string of the molecule is COc1ccc(CN(Cc2ccc(OC)cc2)S(=O)(=O)c2c(S(=O)(=O)C[C@@H](O)CNC(=O)OC(C)(C)C)ccc(-c3cccc4sc(N)nc34)c2-c2nnn(Cc3ccc(OC)cc3)n2)cc1. The fraction of sp³-hybridized carbons (Fsp3) is 0.283. The number of aromatic nitrogens is 5. The van der Waals surface area contributed by atoms with Crippen molar-refractivity contribution >= 4 is 52.6 Å². The second kappa shape index (κ2) is 20.1. The number of carbonyl (C=O) groups is 1. The van der Waals surface area contributed by atoms with Crippen LogP contribution in [-0.2, 0) is 44.2 Å². The smallest absolute Gasteiger partial charge is 0.407 e. The van der Waals surface area contributed by atoms with E-state index in [1.165, 1.54) is 42.5 Å². The zero-order valence-corrected chi connectivity index (χ0v) is 40.0. The van der Waals surface area contributed by atoms with Crippen molar-refractivity contribution < 1.29 is 45.7 Å². The summed E-state index contributed by atoms with van der Waals surface area (Å²) < 4.78 is 85.0. The van der Waals surface area contributed by atoms with Gasteiger partial charge in [0.1, 0.15) is 27.7 Å². The van der Waals surface area contributed by atoms with Crippen molar-refractivity contribution in [3.63, 3.8) is 0 Å². The number of nitrogens with zero attached hydrogens (tertiary/aromatic N) is 6. The molecule has 7 rings (SSSR count). The van der Waals surface area contributed by atoms with E-state index in [0.717, 1.165) is 9.87 Å². The predicted molar refractivity (Wildman–Crippen MR) is 253 cm³/mol. The van der Waals surface area contributed by atoms with E-state index in [1.807, 2.05) is 18.2 Å². The molecule has 7 aromatic rings. The summed E-state index contributed by atoms with van der Waals surface area (Å²) in [6.45, 7) is 4.05. The number of alkyl carbamates (subject to hydrolysis) is 1. The summed E-state index contributed by atoms with van der Waals surface area (Å²) >= 11 is 1.22. The van der Waals surface area contributed by atoms with E-state index in [9.17, 15) is 18.3 Å². The van der Waals surface area contributed by atoms with Gasteiger partial charge >= 0.3 is 6.09 Å². The summed E-state index contributed by atoms with van der Waals surface area (Å²) in [5, 5.41) is 27.2. The Morgan fingerprint density at radius 2 is 1.37 bits per heavy atom. The van der Waals surface area contributed by atoms with Crippen LogP contribution in [0.4, 0.5) is 9.93 Å². The van der Waals surface area contributed by atoms with E-state index >= 15 is 8.42 Å². The van der Waals surface area contributed by atoms with Crippen LogP contribution in [0.15, 0.2) is 113 Å². The number of benzene rings is 5. The second-order valence-corrected chi connectivity index (χ2v) is 21.2. The van der Waals surface area contributed by atoms with Gasteiger partial charge in [-0.2, -0.15) is 9.10 Å². The molecule has 352 valence electrons. The minimum absolute atomic E-state index is 0.0997. The molecule has 67 heavy (non-hydrogen) atoms. The molecule has 0 fully saturated rings. The first-order valence-electron chi connectivity index (χ1n) is 20.7. The van der Waals surface area contributed by atoms with Gasteiger partial charge < -0.3 is 35.1 Å². The minimum Gasteiger partial charge on any atom is -0.497 e. The number of aliphatic hydroxyl groups is 1. The van der Waals surface area contributed by atoms with Gasteiger partial charge in [0.2, 0.25) is 15.8 Å². The molecule has 0 aliphatic heterocycles. The number of sulfone groups is 1. The molecule has 0 radical (unpaired) electrons. The van der Waals surface area contributed by atoms with Crippen LogP contribution in [0.25, 0.3) is 32.7 Å². The summed E-state index contributed by atoms with van der Waals surface area (Å²) in [6, 6.07) is 28.6. The number of tetrazole rings is 1. The first-order chi connectivity index (χ1) is 31.9. The fourth-order valence-corrected chi connectivity index (χ4v) is 11.7. The van der Waals surface area contributed by atoms with E-state index in [2.05, 4.69) is 20.6 Å². The van der Waals surface area contributed by atoms with Crippen LogP contribution in [0.2, 0.25) is 0 Å². The number of rotatable bonds is 18. The molecule has 18 nitrogen and oxygen atoms in total. The van der Waals surface area contributed by atoms with Crippen LogP contribution in [0.3, 0.4) is 0 Å². The van der Waals surface area contributed by atoms with Crippen molar-refractivity contribution in [1.82, 2.24) is 34.8 Å². The molecule has 21 heteroatoms. The molecule has 5 aromatic carbocycles. The van der Waals surface area contributed by atoms with E-state index in [1.54, 1.807) is 101 Å². The van der Waals surface area contributed by atoms with Gasteiger partial charge in [-0.15, -0.1) is 10.2 Å². The third kappa shape index (κ3) is 11.5. The molecule has 4 N–H and O–H groups in total. The highest BCUT2D eigenvalue weighted by atomic mass is 32.2. The third-order valence-corrected chi connectivity index (χ3v) is 15.0. The molecule has 0 saturated carbocycles. The maximum atomic E-state index is 16.0. The Morgan fingerprint density at radius 1 is 0.806 bits per heavy atom. The highest BCUT2D eigenvalue weighted by Gasteiger charge is 2.39. The zero-order valence-electron chi connectivity index (χ0n) is 37.5. The largest absolute Gasteiger partial charge is 0.497 e. The molecule has 0 aliphatic carbocycles. The molecule has 1 atom stereocenters. The van der Waals surface area contributed by atoms with E-state index in [4.69, 9.17) is 29.8 Å². The first kappa shape index (κ1) is 48.3. The van der Waals surface area contributed by atoms with Gasteiger partial charge in [-0.05, 0) is 96.8 Å². The summed E-state index contributed by atoms with van der Waals surface area (Å²) in [7, 11) is -5.20. The number of fused-ring (bicyclic) bond motifs is 1. The number of nitrogen functional groups attached to an aromatic ring is 1. The number of ether oxygens (including phenoxy) is 4. The highest BCUT2D eigenvalue weighted by Crippen LogP contribution is 2.44. The maximum Gasteiger partial charge on any atom is 0.407 e. The van der Waals surface area contributed by atoms with Gasteiger partial charge in [0.05, 0.1) is 60.4 Å². The fourth-order valence-electron chi connectivity index (χ4n) is 7.14. The van der Waals surface area contributed by atoms with Gasteiger partial charge in [-0.25, -0.2) is 26.6 Å². The molecule has 0 aliphatic rings. The molecular weight excluding hydrogens is 921 g/mol. The van der Waals surface area contributed by atoms with Crippen LogP contribution in [0.5, 0.6) is 17.2 Å². The van der Waals surface area contributed by atoms with Crippen molar-refractivity contribution in [1.29, 1.82) is 0 Å². The van der Waals surface area contributed by atoms with E-state index in [0.29, 0.717) is 44.2 Å². The number of methoxy groups -OCH3 is 3. The molecule has 2 aromatic heterocycles. The van der Waals surface area contributed by atoms with Crippen molar-refractivity contribution in [3.05, 3.63) is 120 Å². The maximum absolute atomic E-state index is 16.0. The Balaban J connectivity index is 1.47. The molecule has 0 spiro atoms. The summed E-state index contributed by atoms with van der Waals surface area (Å²) in [6.07, 6.45) is -2.59. The Hall–Kier alpha value is -6.65. The third-order valence-electron chi connectivity index (χ3n) is 10.3. The number of anilines is 1. The normalized spacial score (nSPS) is 12.5. The van der Waals surface area contributed by atoms with Crippen LogP contribution in [0.1, 0.15) is 37.5 Å². The topological polar surface area (TPSA) is 240 Å². The quantitative estimate of drug-likeness (QED) is 0.0852. The number of aliphatic hydroxyl groups excluding tert-OH is 1. The Bertz CT molecular complexity index is 3030. The second-order valence-electron chi connectivity index (χ2n) is 16.3. The number of amides is 1. The Morgan fingerprint density at radius 3 is 1.93 bits per heavy atom. The van der Waals surface area contributed by atoms with Crippen LogP contribution in [-0.4, -0.2) is 103 Å². The summed E-state index contributed by atoms with van der Waals surface area (Å²) in [5.41, 5.74) is 8.04. The lowest BCUT2D eigenvalue weighted by molar-refractivity contribution is 0.0498. The van der Waals surface area contributed by atoms with Crippen molar-refractivity contribution in [2.24, 2.45) is 0 Å². The Kier molecular flexibility index (Phi) is 14.5. The molecule has 2 heterocycles. The van der Waals surface area contributed by atoms with Gasteiger partial charge in [0.15, 0.2) is 15.0 Å². The van der Waals surface area contributed by atoms with Gasteiger partial charge in [-0.1, -0.05) is 65.9 Å². The van der Waals surface area contributed by atoms with Crippen LogP contribution < -0.4 is 25.3 Å². The molecule has 0 unspecified atom stereocenters. The first-order valence-corrected chi connectivity index (χ1v) is 24.7. The minimum atomic E-state index is -4.99. The van der Waals surface area contributed by atoms with Crippen LogP contribution >= 0.6 is 11.3 Å². The molecule has 1 amide bonds. The van der Waals surface area contributed by atoms with Gasteiger partial charge in [-0.3, -0.25) is 0 Å². The number of para-hydroxylation sites is 1. The lowest BCUT2D eigenvalue weighted by Crippen LogP contribution is -2.39. The molecule has 0 bridgehead atoms. The highest BCUT2D eigenvalue weighted by molar-refractivity contribution is 7.93. The predicted octanol–water partition coefficient (Wildman–Crippen LogP) is 6.32. The monoisotopic (exact) mass is 970 g/mol. The van der Waals surface area contributed by atoms with Gasteiger partial charge in [0.25, 0.3) is 0 Å². The lowest BCUT2D eigenvalue weighted by atomic mass is 9.98. The Labute approximate surface area is 392 Å². The van der Waals surface area contributed by atoms with E-state index < -0.39 is 59.7 Å². The van der Waals surface area contributed by atoms with Gasteiger partial charge in [0, 0.05) is 25.2 Å². The zero-order chi connectivity index (χ0) is 48.1. The average molecular weight is 971 g/mol. The van der Waals surface area contributed by atoms with Crippen molar-refractivity contribution in [2.45, 2.75) is 61.9 Å². The number of thiazole rings is 1. The number of nitrogens with one attached hydrogen (secondary N) is 1. The number of carbonyl (C=O) groups excluding carboxylic acids is 1. The number of hydrogen-bond donors (Lipinski definition) is 3. The molecular formula is C46H50N8O10S3. The average Bonchev–Trinajstić information content (AvgIpc) is 3.93. The number of nitrogens with two attached hydrogens (primary N) is 1. The van der Waals surface area contributed by atoms with Crippen molar-refractivity contribution in [2.75, 3.05) is 39.4 Å².